The monoisotopic (exact) mass is 544 g/mol. The predicted molar refractivity (Wildman–Crippen MR) is 155 cm³/mol. The number of aromatic nitrogens is 1. The smallest absolute Gasteiger partial charge is 0.309 e. The molecule has 0 aliphatic heterocycles. The van der Waals surface area contributed by atoms with Crippen LogP contribution in [0.1, 0.15) is 109 Å². The Labute approximate surface area is 234 Å². The van der Waals surface area contributed by atoms with E-state index in [0.29, 0.717) is 49.8 Å². The van der Waals surface area contributed by atoms with Crippen LogP contribution in [-0.2, 0) is 11.2 Å². The first-order valence-corrected chi connectivity index (χ1v) is 15.4. The van der Waals surface area contributed by atoms with Crippen molar-refractivity contribution in [2.45, 2.75) is 127 Å². The Hall–Kier alpha value is -1.96. The number of aliphatic carboxylic acids is 1. The average molecular weight is 545 g/mol. The zero-order chi connectivity index (χ0) is 28.3. The number of nitrogen functional groups attached to an aromatic ring is 1. The Morgan fingerprint density at radius 3 is 2.67 bits per heavy atom. The molecule has 220 valence electrons. The van der Waals surface area contributed by atoms with Gasteiger partial charge < -0.3 is 26.2 Å². The van der Waals surface area contributed by atoms with Crippen LogP contribution in [0.25, 0.3) is 0 Å². The molecule has 1 heterocycles. The number of nitrogens with zero attached hydrogens (tertiary/aromatic N) is 1. The Morgan fingerprint density at radius 1 is 1.15 bits per heavy atom. The summed E-state index contributed by atoms with van der Waals surface area (Å²) < 4.78 is 0. The van der Waals surface area contributed by atoms with Crippen molar-refractivity contribution in [1.29, 1.82) is 0 Å². The van der Waals surface area contributed by atoms with Crippen molar-refractivity contribution in [3.8, 4) is 0 Å². The maximum Gasteiger partial charge on any atom is 0.309 e. The van der Waals surface area contributed by atoms with Crippen LogP contribution in [0.5, 0.6) is 0 Å². The quantitative estimate of drug-likeness (QED) is 0.126. The number of aliphatic hydroxyl groups excluding tert-OH is 2. The molecule has 2 aliphatic rings. The summed E-state index contributed by atoms with van der Waals surface area (Å²) in [7, 11) is 0. The van der Waals surface area contributed by atoms with Crippen LogP contribution in [0.4, 0.5) is 5.82 Å². The van der Waals surface area contributed by atoms with E-state index in [1.165, 1.54) is 19.3 Å². The van der Waals surface area contributed by atoms with Gasteiger partial charge in [-0.15, -0.1) is 0 Å². The Kier molecular flexibility index (Phi) is 12.7. The normalized spacial score (nSPS) is 28.4. The Morgan fingerprint density at radius 2 is 1.95 bits per heavy atom. The lowest BCUT2D eigenvalue weighted by Crippen LogP contribution is -2.32. The van der Waals surface area contributed by atoms with Crippen molar-refractivity contribution < 1.29 is 25.2 Å². The van der Waals surface area contributed by atoms with Gasteiger partial charge in [-0.25, -0.2) is 4.98 Å². The first-order chi connectivity index (χ1) is 18.7. The topological polar surface area (TPSA) is 137 Å². The van der Waals surface area contributed by atoms with E-state index in [1.54, 1.807) is 6.20 Å². The molecule has 0 spiro atoms. The summed E-state index contributed by atoms with van der Waals surface area (Å²) in [6.45, 7) is 2.21. The fourth-order valence-corrected chi connectivity index (χ4v) is 6.74. The van der Waals surface area contributed by atoms with E-state index in [9.17, 15) is 25.2 Å². The van der Waals surface area contributed by atoms with Crippen LogP contribution in [0, 0.1) is 23.7 Å². The molecule has 0 amide bonds. The highest BCUT2D eigenvalue weighted by Crippen LogP contribution is 2.40. The van der Waals surface area contributed by atoms with Gasteiger partial charge in [0.05, 0.1) is 23.7 Å². The first kappa shape index (κ1) is 31.6. The molecule has 39 heavy (non-hydrogen) atoms. The lowest BCUT2D eigenvalue weighted by molar-refractivity contribution is -0.146. The van der Waals surface area contributed by atoms with E-state index < -0.39 is 23.6 Å². The van der Waals surface area contributed by atoms with Crippen LogP contribution < -0.4 is 5.73 Å². The second kappa shape index (κ2) is 15.7. The number of nitrogens with two attached hydrogens (primary N) is 1. The summed E-state index contributed by atoms with van der Waals surface area (Å²) in [5.41, 5.74) is 6.05. The van der Waals surface area contributed by atoms with Crippen molar-refractivity contribution in [1.82, 2.24) is 4.98 Å². The number of unbranched alkanes of at least 4 members (excludes halogenated alkanes) is 4. The molecule has 6 N–H and O–H groups in total. The summed E-state index contributed by atoms with van der Waals surface area (Å²) >= 11 is 0. The maximum atomic E-state index is 11.9. The lowest BCUT2D eigenvalue weighted by atomic mass is 9.81. The van der Waals surface area contributed by atoms with Gasteiger partial charge in [0.2, 0.25) is 0 Å². The fourth-order valence-electron chi connectivity index (χ4n) is 6.74. The summed E-state index contributed by atoms with van der Waals surface area (Å²) in [6.07, 6.45) is 18.3. The highest BCUT2D eigenvalue weighted by atomic mass is 16.4. The van der Waals surface area contributed by atoms with E-state index in [1.807, 2.05) is 12.1 Å². The van der Waals surface area contributed by atoms with Gasteiger partial charge in [-0.3, -0.25) is 4.79 Å². The lowest BCUT2D eigenvalue weighted by Gasteiger charge is -2.28. The third kappa shape index (κ3) is 10.5. The van der Waals surface area contributed by atoms with Gasteiger partial charge in [-0.1, -0.05) is 57.6 Å². The molecule has 0 unspecified atom stereocenters. The van der Waals surface area contributed by atoms with Gasteiger partial charge >= 0.3 is 5.97 Å². The van der Waals surface area contributed by atoms with Crippen LogP contribution in [0.3, 0.4) is 0 Å². The maximum absolute atomic E-state index is 11.9. The second-order valence-electron chi connectivity index (χ2n) is 12.4. The predicted octanol–water partition coefficient (Wildman–Crippen LogP) is 5.66. The van der Waals surface area contributed by atoms with Gasteiger partial charge in [0.1, 0.15) is 5.82 Å². The van der Waals surface area contributed by atoms with Gasteiger partial charge in [0.25, 0.3) is 0 Å². The number of hydrogen-bond acceptors (Lipinski definition) is 6. The van der Waals surface area contributed by atoms with Crippen molar-refractivity contribution in [3.63, 3.8) is 0 Å². The van der Waals surface area contributed by atoms with E-state index in [-0.39, 0.29) is 12.0 Å². The molecule has 2 aliphatic carbocycles. The van der Waals surface area contributed by atoms with Gasteiger partial charge in [-0.05, 0) is 93.7 Å². The number of carboxylic acids is 1. The highest BCUT2D eigenvalue weighted by molar-refractivity contribution is 5.70. The molecular weight excluding hydrogens is 492 g/mol. The third-order valence-corrected chi connectivity index (χ3v) is 9.14. The van der Waals surface area contributed by atoms with Gasteiger partial charge in [0, 0.05) is 12.1 Å². The number of rotatable bonds is 17. The third-order valence-electron chi connectivity index (χ3n) is 9.14. The van der Waals surface area contributed by atoms with E-state index in [2.05, 4.69) is 24.1 Å². The van der Waals surface area contributed by atoms with Crippen molar-refractivity contribution in [2.75, 3.05) is 5.73 Å². The zero-order valence-corrected chi connectivity index (χ0v) is 23.9. The molecule has 1 aromatic rings. The minimum absolute atomic E-state index is 0.195. The molecule has 0 saturated heterocycles. The highest BCUT2D eigenvalue weighted by Gasteiger charge is 2.38. The molecule has 0 aromatic carbocycles. The summed E-state index contributed by atoms with van der Waals surface area (Å²) in [5, 5.41) is 42.1. The number of pyridine rings is 1. The van der Waals surface area contributed by atoms with E-state index >= 15 is 0 Å². The molecule has 1 fully saturated rings. The SMILES string of the molecule is CCCCC[C@@H]1C=C[C@@H](CCCCC[C@H](C(=O)O)[C@H](O)CC[C@]2(O)CC[C@H](Cc3ccnc(N)c3)C2)[C@H](O)C1. The number of aliphatic hydroxyl groups is 3. The Bertz CT molecular complexity index is 908. The summed E-state index contributed by atoms with van der Waals surface area (Å²) in [4.78, 5) is 15.9. The molecular formula is C32H52N2O5. The fraction of sp³-hybridized carbons (Fsp3) is 0.750. The molecule has 7 nitrogen and oxygen atoms in total. The molecule has 1 saturated carbocycles. The van der Waals surface area contributed by atoms with Crippen LogP contribution in [-0.4, -0.2) is 49.2 Å². The van der Waals surface area contributed by atoms with Crippen molar-refractivity contribution >= 4 is 11.8 Å². The zero-order valence-electron chi connectivity index (χ0n) is 23.9. The van der Waals surface area contributed by atoms with Crippen molar-refractivity contribution in [2.24, 2.45) is 23.7 Å². The van der Waals surface area contributed by atoms with Crippen molar-refractivity contribution in [3.05, 3.63) is 36.0 Å². The van der Waals surface area contributed by atoms with Crippen LogP contribution in [0.15, 0.2) is 30.5 Å². The molecule has 0 radical (unpaired) electrons. The Balaban J connectivity index is 1.34. The minimum Gasteiger partial charge on any atom is -0.481 e. The molecule has 3 rings (SSSR count). The molecule has 0 bridgehead atoms. The molecule has 7 heteroatoms. The van der Waals surface area contributed by atoms with Crippen LogP contribution in [0.2, 0.25) is 0 Å². The van der Waals surface area contributed by atoms with Gasteiger partial charge in [0.15, 0.2) is 0 Å². The minimum atomic E-state index is -0.964. The number of carboxylic acid groups (broad SMARTS) is 1. The van der Waals surface area contributed by atoms with Crippen LogP contribution >= 0.6 is 0 Å². The molecule has 1 aromatic heterocycles. The van der Waals surface area contributed by atoms with E-state index in [0.717, 1.165) is 56.9 Å². The first-order valence-electron chi connectivity index (χ1n) is 15.4. The average Bonchev–Trinajstić information content (AvgIpc) is 3.26. The standard InChI is InChI=1S/C32H52N2O5/c1-2-3-5-8-23-11-12-26(29(36)20-23)9-6-4-7-10-27(31(37)38)28(35)14-17-32(39)16-13-25(22-32)19-24-15-18-34-30(33)21-24/h11-12,15,18,21,23,25-29,35-36,39H,2-10,13-14,16-17,19-20,22H2,1H3,(H2,33,34)(H,37,38)/t23-,25-,26-,27+,28-,29-,32-/m1/s1. The summed E-state index contributed by atoms with van der Waals surface area (Å²) in [5.74, 6) is -0.245. The number of carbonyl (C=O) groups is 1. The number of allylic oxidation sites excluding steroid dienone is 1. The van der Waals surface area contributed by atoms with Gasteiger partial charge in [-0.2, -0.15) is 0 Å². The number of anilines is 1. The number of hydrogen-bond donors (Lipinski definition) is 5. The van der Waals surface area contributed by atoms with E-state index in [4.69, 9.17) is 5.73 Å². The largest absolute Gasteiger partial charge is 0.481 e. The second-order valence-corrected chi connectivity index (χ2v) is 12.4. The molecule has 7 atom stereocenters. The summed E-state index contributed by atoms with van der Waals surface area (Å²) in [6, 6.07) is 3.82.